The van der Waals surface area contributed by atoms with Gasteiger partial charge in [0.1, 0.15) is 12.4 Å². The summed E-state index contributed by atoms with van der Waals surface area (Å²) in [5.41, 5.74) is 0.455. The van der Waals surface area contributed by atoms with Crippen molar-refractivity contribution in [1.29, 1.82) is 0 Å². The van der Waals surface area contributed by atoms with E-state index in [2.05, 4.69) is 4.98 Å². The Labute approximate surface area is 162 Å². The first kappa shape index (κ1) is 18.6. The van der Waals surface area contributed by atoms with Crippen molar-refractivity contribution in [3.8, 4) is 5.75 Å². The van der Waals surface area contributed by atoms with Crippen LogP contribution in [0.4, 0.5) is 17.3 Å². The van der Waals surface area contributed by atoms with Crippen LogP contribution in [0.5, 0.6) is 5.75 Å². The largest absolute Gasteiger partial charge is 1.00 e. The monoisotopic (exact) mass is 323 g/mol. The number of aromatic nitrogens is 1. The van der Waals surface area contributed by atoms with Crippen LogP contribution in [0.15, 0.2) is 36.7 Å². The van der Waals surface area contributed by atoms with Crippen molar-refractivity contribution in [1.82, 2.24) is 4.98 Å². The second kappa shape index (κ2) is 7.73. The molecule has 0 spiro atoms. The van der Waals surface area contributed by atoms with E-state index in [9.17, 15) is 17.3 Å². The second-order valence-electron chi connectivity index (χ2n) is 4.42. The van der Waals surface area contributed by atoms with Gasteiger partial charge < -0.3 is 17.7 Å². The quantitative estimate of drug-likeness (QED) is 0.591. The molecule has 2 rings (SSSR count). The summed E-state index contributed by atoms with van der Waals surface area (Å²) in [6.45, 7) is -3.38. The number of hydrogen-bond donors (Lipinski definition) is 0. The van der Waals surface area contributed by atoms with Gasteiger partial charge in [-0.2, -0.15) is 0 Å². The Balaban J connectivity index is 0.00000220. The standard InChI is InChI=1S/C13H11BF4NO.K/c1-9-4-10(7-19-6-9)8-20-11-2-3-12(13(15)5-11)14(16,17)18;/h2-7H,8H2,1H3;/q-1;+1. The Kier molecular flexibility index (Phi) is 6.86. The summed E-state index contributed by atoms with van der Waals surface area (Å²) < 4.78 is 55.9. The Hall–Kier alpha value is -0.409. The Morgan fingerprint density at radius 1 is 1.14 bits per heavy atom. The molecule has 0 amide bonds. The van der Waals surface area contributed by atoms with Crippen molar-refractivity contribution in [2.75, 3.05) is 0 Å². The molecule has 1 aromatic heterocycles. The van der Waals surface area contributed by atoms with Gasteiger partial charge in [-0.05, 0) is 24.6 Å². The average molecular weight is 323 g/mol. The average Bonchev–Trinajstić information content (AvgIpc) is 2.35. The number of rotatable bonds is 4. The van der Waals surface area contributed by atoms with Gasteiger partial charge in [-0.1, -0.05) is 11.5 Å². The van der Waals surface area contributed by atoms with Crippen molar-refractivity contribution in [2.45, 2.75) is 13.5 Å². The number of ether oxygens (including phenoxy) is 1. The zero-order valence-corrected chi connectivity index (χ0v) is 14.7. The maximum atomic E-state index is 13.3. The Morgan fingerprint density at radius 2 is 1.86 bits per heavy atom. The molecule has 0 fully saturated rings. The minimum atomic E-state index is -5.35. The van der Waals surface area contributed by atoms with Gasteiger partial charge in [0, 0.05) is 24.0 Å². The van der Waals surface area contributed by atoms with Crippen LogP contribution in [0.3, 0.4) is 0 Å². The summed E-state index contributed by atoms with van der Waals surface area (Å²) in [6, 6.07) is 4.38. The van der Waals surface area contributed by atoms with E-state index in [-0.39, 0.29) is 63.7 Å². The molecule has 0 aliphatic rings. The van der Waals surface area contributed by atoms with E-state index >= 15 is 0 Å². The summed E-state index contributed by atoms with van der Waals surface area (Å²) >= 11 is 0. The molecule has 0 unspecified atom stereocenters. The molecule has 0 radical (unpaired) electrons. The molecule has 1 heterocycles. The third-order valence-corrected chi connectivity index (χ3v) is 2.66. The summed E-state index contributed by atoms with van der Waals surface area (Å²) in [7, 11) is 0. The van der Waals surface area contributed by atoms with Crippen molar-refractivity contribution in [3.05, 3.63) is 53.6 Å². The van der Waals surface area contributed by atoms with E-state index in [1.54, 1.807) is 12.4 Å². The van der Waals surface area contributed by atoms with E-state index in [1.807, 2.05) is 13.0 Å². The van der Waals surface area contributed by atoms with Crippen LogP contribution < -0.4 is 61.6 Å². The third-order valence-electron chi connectivity index (χ3n) is 2.66. The normalized spacial score (nSPS) is 10.9. The summed E-state index contributed by atoms with van der Waals surface area (Å²) in [6.07, 6.45) is 3.25. The first-order valence-corrected chi connectivity index (χ1v) is 5.89. The van der Waals surface area contributed by atoms with Crippen LogP contribution in [0.25, 0.3) is 0 Å². The number of halogens is 4. The minimum Gasteiger partial charge on any atom is -0.489 e. The van der Waals surface area contributed by atoms with Gasteiger partial charge in [0.05, 0.1) is 5.82 Å². The molecule has 0 aliphatic heterocycles. The van der Waals surface area contributed by atoms with Crippen molar-refractivity contribution < 1.29 is 73.5 Å². The molecular weight excluding hydrogens is 312 g/mol. The number of hydrogen-bond acceptors (Lipinski definition) is 2. The third kappa shape index (κ3) is 5.37. The maximum absolute atomic E-state index is 13.3. The van der Waals surface area contributed by atoms with Gasteiger partial charge in [0.15, 0.2) is 0 Å². The predicted molar refractivity (Wildman–Crippen MR) is 68.4 cm³/mol. The topological polar surface area (TPSA) is 22.1 Å². The van der Waals surface area contributed by atoms with E-state index in [0.717, 1.165) is 23.3 Å². The number of benzene rings is 1. The van der Waals surface area contributed by atoms with E-state index < -0.39 is 18.3 Å². The molecule has 2 nitrogen and oxygen atoms in total. The smallest absolute Gasteiger partial charge is 0.489 e. The minimum absolute atomic E-state index is 0. The van der Waals surface area contributed by atoms with Crippen LogP contribution in [0.1, 0.15) is 11.1 Å². The predicted octanol–water partition coefficient (Wildman–Crippen LogP) is 0.167. The van der Waals surface area contributed by atoms with Gasteiger partial charge in [-0.3, -0.25) is 4.98 Å². The van der Waals surface area contributed by atoms with Gasteiger partial charge >= 0.3 is 58.4 Å². The molecule has 0 N–H and O–H groups in total. The van der Waals surface area contributed by atoms with Crippen LogP contribution in [-0.4, -0.2) is 12.0 Å². The zero-order chi connectivity index (χ0) is 14.8. The summed E-state index contributed by atoms with van der Waals surface area (Å²) in [5, 5.41) is 0. The molecule has 0 aliphatic carbocycles. The van der Waals surface area contributed by atoms with Crippen LogP contribution >= 0.6 is 0 Å². The van der Waals surface area contributed by atoms with Crippen LogP contribution in [0.2, 0.25) is 0 Å². The fraction of sp³-hybridized carbons (Fsp3) is 0.154. The van der Waals surface area contributed by atoms with Crippen molar-refractivity contribution >= 4 is 12.4 Å². The fourth-order valence-corrected chi connectivity index (χ4v) is 1.73. The van der Waals surface area contributed by atoms with Gasteiger partial charge in [0.2, 0.25) is 0 Å². The van der Waals surface area contributed by atoms with Gasteiger partial charge in [-0.15, -0.1) is 0 Å². The zero-order valence-electron chi connectivity index (χ0n) is 11.6. The molecule has 0 saturated carbocycles. The molecule has 106 valence electrons. The number of pyridine rings is 1. The van der Waals surface area contributed by atoms with E-state index in [1.165, 1.54) is 0 Å². The fourth-order valence-electron chi connectivity index (χ4n) is 1.73. The Morgan fingerprint density at radius 3 is 2.43 bits per heavy atom. The van der Waals surface area contributed by atoms with E-state index in [4.69, 9.17) is 4.74 Å². The Bertz CT molecular complexity index is 621. The molecule has 0 saturated heterocycles. The second-order valence-corrected chi connectivity index (χ2v) is 4.42. The SMILES string of the molecule is Cc1cncc(COc2ccc([B-](F)(F)F)c(F)c2)c1.[K+]. The molecule has 21 heavy (non-hydrogen) atoms. The molecule has 2 aromatic rings. The van der Waals surface area contributed by atoms with Crippen molar-refractivity contribution in [3.63, 3.8) is 0 Å². The number of nitrogens with zero attached hydrogens (tertiary/aromatic N) is 1. The summed E-state index contributed by atoms with van der Waals surface area (Å²) in [4.78, 5) is 3.96. The molecule has 1 aromatic carbocycles. The first-order valence-electron chi connectivity index (χ1n) is 5.89. The van der Waals surface area contributed by atoms with E-state index in [0.29, 0.717) is 6.07 Å². The summed E-state index contributed by atoms with van der Waals surface area (Å²) in [5.74, 6) is -1.27. The van der Waals surface area contributed by atoms with Gasteiger partial charge in [0.25, 0.3) is 0 Å². The van der Waals surface area contributed by atoms with Crippen molar-refractivity contribution in [2.24, 2.45) is 0 Å². The molecule has 0 atom stereocenters. The molecular formula is C13H11BF4KNO. The molecule has 8 heteroatoms. The first-order chi connectivity index (χ1) is 9.36. The molecule has 0 bridgehead atoms. The van der Waals surface area contributed by atoms with Gasteiger partial charge in [-0.25, -0.2) is 4.39 Å². The van der Waals surface area contributed by atoms with Crippen LogP contribution in [0, 0.1) is 12.7 Å². The number of aryl methyl sites for hydroxylation is 1. The van der Waals surface area contributed by atoms with Crippen LogP contribution in [-0.2, 0) is 6.61 Å². The maximum Gasteiger partial charge on any atom is 1.00 e.